The number of amides is 1. The molecule has 1 aromatic carbocycles. The Morgan fingerprint density at radius 1 is 1.12 bits per heavy atom. The molecule has 136 valence electrons. The van der Waals surface area contributed by atoms with Crippen LogP contribution in [-0.2, 0) is 14.8 Å². The Labute approximate surface area is 149 Å². The van der Waals surface area contributed by atoms with Gasteiger partial charge in [0.15, 0.2) is 5.76 Å². The number of carbonyl (C=O) groups excluding carboxylic acids is 1. The number of morpholine rings is 1. The average molecular weight is 375 g/mol. The van der Waals surface area contributed by atoms with Crippen molar-refractivity contribution >= 4 is 32.5 Å². The highest BCUT2D eigenvalue weighted by atomic mass is 32.2. The summed E-state index contributed by atoms with van der Waals surface area (Å²) in [6.07, 6.45) is 1.78. The number of H-pyrrole nitrogens is 1. The summed E-state index contributed by atoms with van der Waals surface area (Å²) in [6, 6.07) is 10.0. The van der Waals surface area contributed by atoms with Crippen LogP contribution >= 0.6 is 0 Å². The highest BCUT2D eigenvalue weighted by Gasteiger charge is 2.30. The number of hydrogen-bond donors (Lipinski definition) is 2. The van der Waals surface area contributed by atoms with Gasteiger partial charge in [-0.3, -0.25) is 4.79 Å². The van der Waals surface area contributed by atoms with Gasteiger partial charge in [0.25, 0.3) is 15.9 Å². The molecule has 0 spiro atoms. The fourth-order valence-electron chi connectivity index (χ4n) is 2.87. The van der Waals surface area contributed by atoms with Gasteiger partial charge in [-0.15, -0.1) is 0 Å². The van der Waals surface area contributed by atoms with E-state index in [9.17, 15) is 13.2 Å². The first kappa shape index (κ1) is 16.8. The van der Waals surface area contributed by atoms with Gasteiger partial charge in [0.2, 0.25) is 5.09 Å². The number of nitrogens with one attached hydrogen (secondary N) is 2. The van der Waals surface area contributed by atoms with E-state index < -0.39 is 15.9 Å². The second kappa shape index (κ2) is 6.60. The Morgan fingerprint density at radius 2 is 1.92 bits per heavy atom. The van der Waals surface area contributed by atoms with E-state index in [2.05, 4.69) is 10.3 Å². The lowest BCUT2D eigenvalue weighted by Crippen LogP contribution is -2.40. The van der Waals surface area contributed by atoms with Crippen molar-refractivity contribution in [1.29, 1.82) is 0 Å². The predicted molar refractivity (Wildman–Crippen MR) is 94.5 cm³/mol. The Kier molecular flexibility index (Phi) is 4.27. The number of fused-ring (bicyclic) bond motifs is 1. The van der Waals surface area contributed by atoms with Crippen molar-refractivity contribution in [1.82, 2.24) is 9.29 Å². The number of rotatable bonds is 4. The van der Waals surface area contributed by atoms with Gasteiger partial charge >= 0.3 is 0 Å². The molecule has 0 bridgehead atoms. The Hall–Kier alpha value is -2.62. The van der Waals surface area contributed by atoms with Crippen molar-refractivity contribution < 1.29 is 22.4 Å². The van der Waals surface area contributed by atoms with Gasteiger partial charge in [0.05, 0.1) is 24.4 Å². The summed E-state index contributed by atoms with van der Waals surface area (Å²) in [7, 11) is -3.77. The van der Waals surface area contributed by atoms with E-state index in [1.165, 1.54) is 16.4 Å². The molecular weight excluding hydrogens is 358 g/mol. The predicted octanol–water partition coefficient (Wildman–Crippen LogP) is 2.03. The van der Waals surface area contributed by atoms with E-state index >= 15 is 0 Å². The lowest BCUT2D eigenvalue weighted by molar-refractivity contribution is 0.0723. The summed E-state index contributed by atoms with van der Waals surface area (Å²) >= 11 is 0. The molecule has 2 aromatic heterocycles. The van der Waals surface area contributed by atoms with Crippen LogP contribution in [0, 0.1) is 0 Å². The molecule has 1 amide bonds. The second-order valence-electron chi connectivity index (χ2n) is 5.84. The molecule has 4 rings (SSSR count). The fraction of sp³-hybridized carbons (Fsp3) is 0.235. The minimum absolute atomic E-state index is 0.0691. The first-order valence-electron chi connectivity index (χ1n) is 8.11. The lowest BCUT2D eigenvalue weighted by atomic mass is 10.2. The van der Waals surface area contributed by atoms with Gasteiger partial charge in [0.1, 0.15) is 0 Å². The van der Waals surface area contributed by atoms with Crippen molar-refractivity contribution in [3.05, 3.63) is 48.4 Å². The number of aromatic amines is 1. The van der Waals surface area contributed by atoms with Crippen molar-refractivity contribution in [3.63, 3.8) is 0 Å². The standard InChI is InChI=1S/C17H17N3O5S/c21-17(19-13-3-1-2-12-6-7-18-16(12)13)14-4-5-15(25-14)26(22,23)20-8-10-24-11-9-20/h1-7,18H,8-11H2,(H,19,21). The summed E-state index contributed by atoms with van der Waals surface area (Å²) in [4.78, 5) is 15.5. The van der Waals surface area contributed by atoms with Gasteiger partial charge in [-0.2, -0.15) is 4.31 Å². The smallest absolute Gasteiger partial charge is 0.291 e. The van der Waals surface area contributed by atoms with Crippen LogP contribution in [0.25, 0.3) is 10.9 Å². The molecule has 2 N–H and O–H groups in total. The molecule has 0 atom stereocenters. The zero-order valence-corrected chi connectivity index (χ0v) is 14.6. The SMILES string of the molecule is O=C(Nc1cccc2cc[nH]c12)c1ccc(S(=O)(=O)N2CCOCC2)o1. The van der Waals surface area contributed by atoms with Crippen LogP contribution < -0.4 is 5.32 Å². The number of benzene rings is 1. The van der Waals surface area contributed by atoms with Crippen molar-refractivity contribution in [2.24, 2.45) is 0 Å². The number of anilines is 1. The number of nitrogens with zero attached hydrogens (tertiary/aromatic N) is 1. The van der Waals surface area contributed by atoms with Gasteiger partial charge < -0.3 is 19.5 Å². The number of sulfonamides is 1. The van der Waals surface area contributed by atoms with Crippen molar-refractivity contribution in [3.8, 4) is 0 Å². The molecule has 26 heavy (non-hydrogen) atoms. The first-order valence-corrected chi connectivity index (χ1v) is 9.55. The maximum Gasteiger partial charge on any atom is 0.291 e. The first-order chi connectivity index (χ1) is 12.6. The maximum atomic E-state index is 12.6. The molecule has 3 heterocycles. The highest BCUT2D eigenvalue weighted by molar-refractivity contribution is 7.89. The minimum atomic E-state index is -3.77. The molecule has 3 aromatic rings. The number of aromatic nitrogens is 1. The second-order valence-corrected chi connectivity index (χ2v) is 7.71. The van der Waals surface area contributed by atoms with E-state index in [0.29, 0.717) is 18.9 Å². The van der Waals surface area contributed by atoms with Crippen molar-refractivity contribution in [2.75, 3.05) is 31.6 Å². The minimum Gasteiger partial charge on any atom is -0.438 e. The normalized spacial score (nSPS) is 16.0. The Balaban J connectivity index is 1.56. The molecule has 0 unspecified atom stereocenters. The zero-order valence-electron chi connectivity index (χ0n) is 13.8. The Morgan fingerprint density at radius 3 is 2.73 bits per heavy atom. The molecule has 0 radical (unpaired) electrons. The van der Waals surface area contributed by atoms with E-state index in [1.807, 2.05) is 18.2 Å². The number of para-hydroxylation sites is 1. The highest BCUT2D eigenvalue weighted by Crippen LogP contribution is 2.24. The largest absolute Gasteiger partial charge is 0.438 e. The summed E-state index contributed by atoms with van der Waals surface area (Å²) in [5.74, 6) is -0.587. The molecule has 1 aliphatic heterocycles. The molecule has 1 fully saturated rings. The van der Waals surface area contributed by atoms with E-state index in [4.69, 9.17) is 9.15 Å². The van der Waals surface area contributed by atoms with Gasteiger partial charge in [0, 0.05) is 24.7 Å². The van der Waals surface area contributed by atoms with Crippen LogP contribution in [-0.4, -0.2) is 49.9 Å². The van der Waals surface area contributed by atoms with Crippen LogP contribution in [0.5, 0.6) is 0 Å². The third-order valence-corrected chi connectivity index (χ3v) is 5.98. The number of ether oxygens (including phenoxy) is 1. The molecule has 0 aliphatic carbocycles. The summed E-state index contributed by atoms with van der Waals surface area (Å²) in [6.45, 7) is 1.21. The van der Waals surface area contributed by atoms with Gasteiger partial charge in [-0.25, -0.2) is 8.42 Å². The van der Waals surface area contributed by atoms with Crippen LogP contribution in [0.2, 0.25) is 0 Å². The molecule has 1 saturated heterocycles. The third-order valence-electron chi connectivity index (χ3n) is 4.20. The van der Waals surface area contributed by atoms with E-state index in [-0.39, 0.29) is 23.9 Å². The van der Waals surface area contributed by atoms with Crippen LogP contribution in [0.15, 0.2) is 52.1 Å². The van der Waals surface area contributed by atoms with Crippen LogP contribution in [0.4, 0.5) is 5.69 Å². The molecule has 9 heteroatoms. The van der Waals surface area contributed by atoms with Crippen molar-refractivity contribution in [2.45, 2.75) is 5.09 Å². The topological polar surface area (TPSA) is 105 Å². The monoisotopic (exact) mass is 375 g/mol. The number of carbonyl (C=O) groups is 1. The zero-order chi connectivity index (χ0) is 18.1. The lowest BCUT2D eigenvalue weighted by Gasteiger charge is -2.24. The molecule has 1 aliphatic rings. The third kappa shape index (κ3) is 3.00. The van der Waals surface area contributed by atoms with Crippen LogP contribution in [0.1, 0.15) is 10.6 Å². The molecule has 8 nitrogen and oxygen atoms in total. The fourth-order valence-corrected chi connectivity index (χ4v) is 4.19. The van der Waals surface area contributed by atoms with E-state index in [1.54, 1.807) is 12.3 Å². The van der Waals surface area contributed by atoms with E-state index in [0.717, 1.165) is 10.9 Å². The molecular formula is C17H17N3O5S. The quantitative estimate of drug-likeness (QED) is 0.726. The summed E-state index contributed by atoms with van der Waals surface area (Å²) < 4.78 is 36.9. The number of furan rings is 1. The molecule has 0 saturated carbocycles. The average Bonchev–Trinajstić information content (AvgIpc) is 3.33. The van der Waals surface area contributed by atoms with Crippen LogP contribution in [0.3, 0.4) is 0 Å². The van der Waals surface area contributed by atoms with Gasteiger partial charge in [-0.05, 0) is 24.3 Å². The van der Waals surface area contributed by atoms with Gasteiger partial charge in [-0.1, -0.05) is 12.1 Å². The maximum absolute atomic E-state index is 12.6. The Bertz CT molecular complexity index is 1050. The summed E-state index contributed by atoms with van der Waals surface area (Å²) in [5.41, 5.74) is 1.38. The summed E-state index contributed by atoms with van der Waals surface area (Å²) in [5, 5.41) is 3.45. The number of hydrogen-bond acceptors (Lipinski definition) is 5.